The van der Waals surface area contributed by atoms with E-state index in [1.165, 1.54) is 11.1 Å². The van der Waals surface area contributed by atoms with E-state index in [0.29, 0.717) is 12.6 Å². The molecule has 2 N–H and O–H groups in total. The van der Waals surface area contributed by atoms with Crippen molar-refractivity contribution in [2.45, 2.75) is 6.04 Å². The molecule has 0 aliphatic carbocycles. The molecule has 1 aromatic rings. The number of para-hydroxylation sites is 1. The summed E-state index contributed by atoms with van der Waals surface area (Å²) in [6, 6.07) is 8.42. The van der Waals surface area contributed by atoms with Crippen LogP contribution in [0.5, 0.6) is 5.75 Å². The first-order valence-corrected chi connectivity index (χ1v) is 4.37. The molecule has 3 rings (SSSR count). The maximum Gasteiger partial charge on any atom is 0.124 e. The van der Waals surface area contributed by atoms with Crippen LogP contribution in [0.25, 0.3) is 0 Å². The molecule has 0 saturated carbocycles. The molecule has 3 nitrogen and oxygen atoms in total. The third-order valence-electron chi connectivity index (χ3n) is 2.48. The van der Waals surface area contributed by atoms with E-state index in [4.69, 9.17) is 4.74 Å². The van der Waals surface area contributed by atoms with Crippen molar-refractivity contribution in [1.29, 1.82) is 0 Å². The topological polar surface area (TPSA) is 33.3 Å². The van der Waals surface area contributed by atoms with Crippen LogP contribution in [0.3, 0.4) is 0 Å². The standard InChI is InChI=1S/C10H10N2O/c1-2-4-9-8(3-1)10-7(6-13-9)5-11-12-10/h1-5,10-12H,6H2. The van der Waals surface area contributed by atoms with Gasteiger partial charge in [0.15, 0.2) is 0 Å². The molecule has 0 spiro atoms. The summed E-state index contributed by atoms with van der Waals surface area (Å²) in [6.07, 6.45) is 1.97. The van der Waals surface area contributed by atoms with E-state index in [1.807, 2.05) is 24.4 Å². The first-order valence-electron chi connectivity index (χ1n) is 4.37. The van der Waals surface area contributed by atoms with Gasteiger partial charge in [-0.3, -0.25) is 0 Å². The summed E-state index contributed by atoms with van der Waals surface area (Å²) >= 11 is 0. The highest BCUT2D eigenvalue weighted by Crippen LogP contribution is 2.35. The summed E-state index contributed by atoms with van der Waals surface area (Å²) in [5, 5.41) is 0. The van der Waals surface area contributed by atoms with Crippen LogP contribution in [0, 0.1) is 0 Å². The van der Waals surface area contributed by atoms with Crippen molar-refractivity contribution in [3.63, 3.8) is 0 Å². The summed E-state index contributed by atoms with van der Waals surface area (Å²) in [6.45, 7) is 0.682. The third-order valence-corrected chi connectivity index (χ3v) is 2.48. The highest BCUT2D eigenvalue weighted by Gasteiger charge is 2.27. The summed E-state index contributed by atoms with van der Waals surface area (Å²) in [7, 11) is 0. The van der Waals surface area contributed by atoms with E-state index in [2.05, 4.69) is 16.9 Å². The fourth-order valence-corrected chi connectivity index (χ4v) is 1.81. The van der Waals surface area contributed by atoms with Gasteiger partial charge in [0.05, 0.1) is 6.04 Å². The minimum atomic E-state index is 0.296. The molecule has 2 aliphatic rings. The zero-order valence-corrected chi connectivity index (χ0v) is 7.08. The molecule has 1 aromatic carbocycles. The van der Waals surface area contributed by atoms with Crippen LogP contribution < -0.4 is 15.6 Å². The molecule has 0 aromatic heterocycles. The third kappa shape index (κ3) is 0.939. The lowest BCUT2D eigenvalue weighted by Crippen LogP contribution is -2.28. The van der Waals surface area contributed by atoms with Gasteiger partial charge in [-0.15, -0.1) is 0 Å². The number of fused-ring (bicyclic) bond motifs is 3. The number of nitrogens with one attached hydrogen (secondary N) is 2. The molecule has 2 aliphatic heterocycles. The van der Waals surface area contributed by atoms with Crippen molar-refractivity contribution in [2.24, 2.45) is 0 Å². The SMILES string of the molecule is C1=C2COc3ccccc3C2NN1. The lowest BCUT2D eigenvalue weighted by molar-refractivity contribution is 0.314. The van der Waals surface area contributed by atoms with Crippen LogP contribution >= 0.6 is 0 Å². The zero-order valence-electron chi connectivity index (χ0n) is 7.08. The summed E-state index contributed by atoms with van der Waals surface area (Å²) in [5.74, 6) is 0.987. The van der Waals surface area contributed by atoms with Gasteiger partial charge in [0.2, 0.25) is 0 Å². The molecule has 0 fully saturated rings. The maximum atomic E-state index is 5.59. The van der Waals surface area contributed by atoms with Crippen LogP contribution in [-0.2, 0) is 0 Å². The Morgan fingerprint density at radius 2 is 2.23 bits per heavy atom. The largest absolute Gasteiger partial charge is 0.489 e. The molecule has 1 unspecified atom stereocenters. The van der Waals surface area contributed by atoms with E-state index in [1.54, 1.807) is 0 Å². The normalized spacial score (nSPS) is 23.7. The fraction of sp³-hybridized carbons (Fsp3) is 0.200. The van der Waals surface area contributed by atoms with Crippen molar-refractivity contribution in [1.82, 2.24) is 10.9 Å². The number of rotatable bonds is 0. The highest BCUT2D eigenvalue weighted by molar-refractivity contribution is 5.44. The molecule has 2 heterocycles. The van der Waals surface area contributed by atoms with Crippen LogP contribution in [0.15, 0.2) is 36.0 Å². The lowest BCUT2D eigenvalue weighted by atomic mass is 9.98. The molecular formula is C10H10N2O. The predicted octanol–water partition coefficient (Wildman–Crippen LogP) is 1.11. The second-order valence-electron chi connectivity index (χ2n) is 3.27. The second-order valence-corrected chi connectivity index (χ2v) is 3.27. The summed E-state index contributed by atoms with van der Waals surface area (Å²) in [4.78, 5) is 0. The van der Waals surface area contributed by atoms with E-state index in [9.17, 15) is 0 Å². The second kappa shape index (κ2) is 2.50. The fourth-order valence-electron chi connectivity index (χ4n) is 1.81. The Balaban J connectivity index is 2.12. The van der Waals surface area contributed by atoms with Gasteiger partial charge in [0.1, 0.15) is 12.4 Å². The quantitative estimate of drug-likeness (QED) is 0.618. The summed E-state index contributed by atoms with van der Waals surface area (Å²) in [5.41, 5.74) is 8.68. The van der Waals surface area contributed by atoms with Crippen LogP contribution in [0.1, 0.15) is 11.6 Å². The zero-order chi connectivity index (χ0) is 8.67. The number of hydrogen-bond donors (Lipinski definition) is 2. The number of hydrazine groups is 1. The van der Waals surface area contributed by atoms with E-state index in [-0.39, 0.29) is 0 Å². The Morgan fingerprint density at radius 3 is 3.23 bits per heavy atom. The number of hydrogen-bond acceptors (Lipinski definition) is 3. The first-order chi connectivity index (χ1) is 6.45. The monoisotopic (exact) mass is 174 g/mol. The van der Waals surface area contributed by atoms with Crippen LogP contribution in [-0.4, -0.2) is 6.61 Å². The Kier molecular flexibility index (Phi) is 1.34. The van der Waals surface area contributed by atoms with Gasteiger partial charge in [-0.1, -0.05) is 18.2 Å². The first kappa shape index (κ1) is 6.97. The molecular weight excluding hydrogens is 164 g/mol. The van der Waals surface area contributed by atoms with Gasteiger partial charge >= 0.3 is 0 Å². The minimum Gasteiger partial charge on any atom is -0.489 e. The molecule has 66 valence electrons. The van der Waals surface area contributed by atoms with E-state index < -0.39 is 0 Å². The molecule has 0 radical (unpaired) electrons. The maximum absolute atomic E-state index is 5.59. The average Bonchev–Trinajstić information content (AvgIpc) is 2.65. The number of ether oxygens (including phenoxy) is 1. The van der Waals surface area contributed by atoms with Crippen LogP contribution in [0.4, 0.5) is 0 Å². The average molecular weight is 174 g/mol. The van der Waals surface area contributed by atoms with Gasteiger partial charge in [0, 0.05) is 17.3 Å². The summed E-state index contributed by atoms with van der Waals surface area (Å²) < 4.78 is 5.59. The number of benzene rings is 1. The molecule has 1 atom stereocenters. The molecule has 0 bridgehead atoms. The van der Waals surface area contributed by atoms with Gasteiger partial charge in [-0.05, 0) is 6.07 Å². The minimum absolute atomic E-state index is 0.296. The van der Waals surface area contributed by atoms with Gasteiger partial charge in [-0.25, -0.2) is 5.43 Å². The molecule has 13 heavy (non-hydrogen) atoms. The Labute approximate surface area is 76.4 Å². The van der Waals surface area contributed by atoms with Gasteiger partial charge in [0.25, 0.3) is 0 Å². The van der Waals surface area contributed by atoms with E-state index >= 15 is 0 Å². The Bertz CT molecular complexity index is 373. The van der Waals surface area contributed by atoms with Gasteiger partial charge < -0.3 is 10.2 Å². The van der Waals surface area contributed by atoms with Crippen molar-refractivity contribution in [3.8, 4) is 5.75 Å². The van der Waals surface area contributed by atoms with Gasteiger partial charge in [-0.2, -0.15) is 0 Å². The Morgan fingerprint density at radius 1 is 1.31 bits per heavy atom. The van der Waals surface area contributed by atoms with Crippen molar-refractivity contribution < 1.29 is 4.74 Å². The van der Waals surface area contributed by atoms with Crippen molar-refractivity contribution in [2.75, 3.05) is 6.61 Å². The van der Waals surface area contributed by atoms with Crippen molar-refractivity contribution >= 4 is 0 Å². The smallest absolute Gasteiger partial charge is 0.124 e. The molecule has 3 heteroatoms. The van der Waals surface area contributed by atoms with Crippen LogP contribution in [0.2, 0.25) is 0 Å². The van der Waals surface area contributed by atoms with Crippen molar-refractivity contribution in [3.05, 3.63) is 41.6 Å². The predicted molar refractivity (Wildman–Crippen MR) is 49.0 cm³/mol. The Hall–Kier alpha value is -1.48. The highest BCUT2D eigenvalue weighted by atomic mass is 16.5. The molecule has 0 amide bonds. The lowest BCUT2D eigenvalue weighted by Gasteiger charge is -2.24. The van der Waals surface area contributed by atoms with E-state index in [0.717, 1.165) is 5.75 Å². The molecule has 0 saturated heterocycles.